The van der Waals surface area contributed by atoms with Gasteiger partial charge in [-0.1, -0.05) is 12.1 Å². The Bertz CT molecular complexity index is 877. The number of benzene rings is 2. The van der Waals surface area contributed by atoms with Gasteiger partial charge in [0.15, 0.2) is 0 Å². The molecule has 7 heteroatoms. The van der Waals surface area contributed by atoms with E-state index in [0.717, 1.165) is 5.56 Å². The molecule has 1 aliphatic heterocycles. The number of rotatable bonds is 5. The molecule has 2 aromatic rings. The molecule has 0 aliphatic carbocycles. The number of nitrogens with one attached hydrogen (secondary N) is 1. The minimum atomic E-state index is -0.522. The summed E-state index contributed by atoms with van der Waals surface area (Å²) in [6.45, 7) is 0. The van der Waals surface area contributed by atoms with Crippen LogP contribution in [-0.2, 0) is 14.3 Å². The van der Waals surface area contributed by atoms with Gasteiger partial charge in [-0.2, -0.15) is 0 Å². The highest BCUT2D eigenvalue weighted by Crippen LogP contribution is 2.38. The maximum Gasteiger partial charge on any atom is 0.337 e. The first kappa shape index (κ1) is 19.4. The first-order chi connectivity index (χ1) is 13.4. The van der Waals surface area contributed by atoms with E-state index in [2.05, 4.69) is 10.1 Å². The van der Waals surface area contributed by atoms with Crippen molar-refractivity contribution in [2.75, 3.05) is 26.6 Å². The van der Waals surface area contributed by atoms with Crippen molar-refractivity contribution in [1.29, 1.82) is 0 Å². The summed E-state index contributed by atoms with van der Waals surface area (Å²) in [5.41, 5.74) is 1.82. The summed E-state index contributed by atoms with van der Waals surface area (Å²) in [5.74, 6) is -0.583. The molecular weight excluding hydrogens is 360 g/mol. The second-order valence-corrected chi connectivity index (χ2v) is 6.59. The number of carbonyl (C=O) groups is 3. The normalized spacial score (nSPS) is 18.7. The first-order valence-electron chi connectivity index (χ1n) is 8.83. The summed E-state index contributed by atoms with van der Waals surface area (Å²) in [7, 11) is 4.60. The highest BCUT2D eigenvalue weighted by Gasteiger charge is 2.42. The lowest BCUT2D eigenvalue weighted by Gasteiger charge is -2.25. The molecule has 0 saturated carbocycles. The van der Waals surface area contributed by atoms with E-state index in [4.69, 9.17) is 4.74 Å². The third-order valence-corrected chi connectivity index (χ3v) is 4.95. The lowest BCUT2D eigenvalue weighted by Crippen LogP contribution is -2.30. The summed E-state index contributed by atoms with van der Waals surface area (Å²) in [5, 5.41) is 2.84. The zero-order valence-electron chi connectivity index (χ0n) is 16.0. The zero-order chi connectivity index (χ0) is 20.3. The second-order valence-electron chi connectivity index (χ2n) is 6.59. The van der Waals surface area contributed by atoms with Gasteiger partial charge in [-0.25, -0.2) is 4.79 Å². The highest BCUT2D eigenvalue weighted by atomic mass is 16.5. The first-order valence-corrected chi connectivity index (χ1v) is 8.83. The highest BCUT2D eigenvalue weighted by molar-refractivity contribution is 5.98. The topological polar surface area (TPSA) is 84.9 Å². The number of hydrogen-bond acceptors (Lipinski definition) is 5. The number of nitrogens with zero attached hydrogens (tertiary/aromatic N) is 1. The maximum atomic E-state index is 12.9. The van der Waals surface area contributed by atoms with Crippen LogP contribution in [0.1, 0.15) is 28.4 Å². The average Bonchev–Trinajstić information content (AvgIpc) is 3.02. The Morgan fingerprint density at radius 2 is 1.68 bits per heavy atom. The molecule has 3 rings (SSSR count). The molecule has 28 heavy (non-hydrogen) atoms. The van der Waals surface area contributed by atoms with Crippen LogP contribution >= 0.6 is 0 Å². The Morgan fingerprint density at radius 1 is 1.04 bits per heavy atom. The third-order valence-electron chi connectivity index (χ3n) is 4.95. The Labute approximate surface area is 163 Å². The van der Waals surface area contributed by atoms with Crippen LogP contribution in [0.15, 0.2) is 48.5 Å². The molecule has 0 unspecified atom stereocenters. The molecule has 1 N–H and O–H groups in total. The van der Waals surface area contributed by atoms with Crippen LogP contribution in [0.25, 0.3) is 0 Å². The third kappa shape index (κ3) is 3.83. The molecule has 2 amide bonds. The fourth-order valence-corrected chi connectivity index (χ4v) is 3.40. The van der Waals surface area contributed by atoms with E-state index >= 15 is 0 Å². The van der Waals surface area contributed by atoms with Crippen LogP contribution in [-0.4, -0.2) is 44.0 Å². The van der Waals surface area contributed by atoms with Gasteiger partial charge in [-0.05, 0) is 42.0 Å². The molecule has 0 spiro atoms. The molecule has 146 valence electrons. The van der Waals surface area contributed by atoms with Crippen molar-refractivity contribution >= 4 is 23.5 Å². The molecule has 1 heterocycles. The Balaban J connectivity index is 1.78. The van der Waals surface area contributed by atoms with Crippen molar-refractivity contribution in [3.05, 3.63) is 59.7 Å². The van der Waals surface area contributed by atoms with Gasteiger partial charge in [0.1, 0.15) is 5.75 Å². The number of esters is 1. The summed E-state index contributed by atoms with van der Waals surface area (Å²) >= 11 is 0. The number of hydrogen-bond donors (Lipinski definition) is 1. The van der Waals surface area contributed by atoms with Crippen molar-refractivity contribution in [2.24, 2.45) is 5.92 Å². The fraction of sp³-hybridized carbons (Fsp3) is 0.286. The number of carbonyl (C=O) groups excluding carboxylic acids is 3. The summed E-state index contributed by atoms with van der Waals surface area (Å²) in [4.78, 5) is 38.3. The Kier molecular flexibility index (Phi) is 5.63. The molecule has 0 bridgehead atoms. The van der Waals surface area contributed by atoms with E-state index in [-0.39, 0.29) is 24.3 Å². The number of likely N-dealkylation sites (tertiary alicyclic amines) is 1. The van der Waals surface area contributed by atoms with Crippen molar-refractivity contribution in [1.82, 2.24) is 4.90 Å². The van der Waals surface area contributed by atoms with Crippen LogP contribution in [0.3, 0.4) is 0 Å². The minimum absolute atomic E-state index is 0.0815. The largest absolute Gasteiger partial charge is 0.497 e. The second kappa shape index (κ2) is 8.12. The van der Waals surface area contributed by atoms with E-state index in [0.29, 0.717) is 17.0 Å². The van der Waals surface area contributed by atoms with Crippen LogP contribution in [0, 0.1) is 5.92 Å². The van der Waals surface area contributed by atoms with E-state index in [1.807, 2.05) is 24.3 Å². The lowest BCUT2D eigenvalue weighted by molar-refractivity contribution is -0.128. The van der Waals surface area contributed by atoms with Gasteiger partial charge in [0, 0.05) is 19.2 Å². The summed E-state index contributed by atoms with van der Waals surface area (Å²) in [6.07, 6.45) is 0.138. The van der Waals surface area contributed by atoms with Gasteiger partial charge in [-0.15, -0.1) is 0 Å². The van der Waals surface area contributed by atoms with Crippen molar-refractivity contribution < 1.29 is 23.9 Å². The standard InChI is InChI=1S/C21H22N2O5/c1-23-18(24)12-17(19(23)13-6-10-16(27-2)11-7-13)20(25)22-15-8-4-14(5-9-15)21(26)28-3/h4-11,17,19H,12H2,1-3H3,(H,22,25)/t17-,19+/m0/s1. The molecule has 7 nitrogen and oxygen atoms in total. The molecule has 1 aliphatic rings. The van der Waals surface area contributed by atoms with Gasteiger partial charge < -0.3 is 19.7 Å². The molecule has 1 fully saturated rings. The lowest BCUT2D eigenvalue weighted by atomic mass is 9.92. The van der Waals surface area contributed by atoms with Gasteiger partial charge in [0.05, 0.1) is 31.7 Å². The van der Waals surface area contributed by atoms with Crippen molar-refractivity contribution in [3.63, 3.8) is 0 Å². The number of anilines is 1. The predicted octanol–water partition coefficient (Wildman–Crippen LogP) is 2.64. The van der Waals surface area contributed by atoms with Gasteiger partial charge in [0.25, 0.3) is 0 Å². The van der Waals surface area contributed by atoms with E-state index in [1.54, 1.807) is 43.3 Å². The molecular formula is C21H22N2O5. The molecule has 0 aromatic heterocycles. The maximum absolute atomic E-state index is 12.9. The van der Waals surface area contributed by atoms with Gasteiger partial charge >= 0.3 is 5.97 Å². The van der Waals surface area contributed by atoms with Crippen molar-refractivity contribution in [3.8, 4) is 5.75 Å². The number of amides is 2. The van der Waals surface area contributed by atoms with Crippen LogP contribution < -0.4 is 10.1 Å². The Morgan fingerprint density at radius 3 is 2.25 bits per heavy atom. The van der Waals surface area contributed by atoms with E-state index in [1.165, 1.54) is 7.11 Å². The Hall–Kier alpha value is -3.35. The summed E-state index contributed by atoms with van der Waals surface area (Å²) in [6, 6.07) is 13.4. The molecule has 1 saturated heterocycles. The van der Waals surface area contributed by atoms with Gasteiger partial charge in [0.2, 0.25) is 11.8 Å². The van der Waals surface area contributed by atoms with Crippen LogP contribution in [0.4, 0.5) is 5.69 Å². The summed E-state index contributed by atoms with van der Waals surface area (Å²) < 4.78 is 9.84. The zero-order valence-corrected chi connectivity index (χ0v) is 16.0. The smallest absolute Gasteiger partial charge is 0.337 e. The number of ether oxygens (including phenoxy) is 2. The SMILES string of the molecule is COC(=O)c1ccc(NC(=O)[C@H]2CC(=O)N(C)[C@@H]2c2ccc(OC)cc2)cc1. The average molecular weight is 382 g/mol. The molecule has 2 aromatic carbocycles. The van der Waals surface area contributed by atoms with Crippen molar-refractivity contribution in [2.45, 2.75) is 12.5 Å². The fourth-order valence-electron chi connectivity index (χ4n) is 3.40. The molecule has 2 atom stereocenters. The monoisotopic (exact) mass is 382 g/mol. The van der Waals surface area contributed by atoms with E-state index in [9.17, 15) is 14.4 Å². The predicted molar refractivity (Wildman–Crippen MR) is 103 cm³/mol. The molecule has 0 radical (unpaired) electrons. The van der Waals surface area contributed by atoms with E-state index < -0.39 is 11.9 Å². The minimum Gasteiger partial charge on any atom is -0.497 e. The van der Waals surface area contributed by atoms with Crippen LogP contribution in [0.5, 0.6) is 5.75 Å². The number of methoxy groups -OCH3 is 2. The quantitative estimate of drug-likeness (QED) is 0.804. The van der Waals surface area contributed by atoms with Crippen LogP contribution in [0.2, 0.25) is 0 Å². The van der Waals surface area contributed by atoms with Gasteiger partial charge in [-0.3, -0.25) is 9.59 Å².